The van der Waals surface area contributed by atoms with Crippen LogP contribution in [0.25, 0.3) is 12.4 Å². The van der Waals surface area contributed by atoms with Crippen LogP contribution in [-0.2, 0) is 4.74 Å². The molecule has 0 aromatic heterocycles. The monoisotopic (exact) mass is 476 g/mol. The molecule has 0 spiro atoms. The largest absolute Gasteiger partial charge is 0.493 e. The van der Waals surface area contributed by atoms with Gasteiger partial charge in [0.15, 0.2) is 11.5 Å². The lowest BCUT2D eigenvalue weighted by Crippen LogP contribution is -2.37. The second kappa shape index (κ2) is 12.4. The van der Waals surface area contributed by atoms with Gasteiger partial charge in [-0.05, 0) is 42.0 Å². The Morgan fingerprint density at radius 1 is 1.27 bits per heavy atom. The van der Waals surface area contributed by atoms with E-state index in [0.29, 0.717) is 40.1 Å². The molecule has 1 fully saturated rings. The SMILES string of the molecule is C=c1cc(OC)c(OCCCN2CCOCC2)c/c1=C(/N=C\NC)Nc1ccc(F)c(Cl)c1. The van der Waals surface area contributed by atoms with Gasteiger partial charge < -0.3 is 24.8 Å². The van der Waals surface area contributed by atoms with E-state index in [1.54, 1.807) is 32.6 Å². The first kappa shape index (κ1) is 24.8. The molecule has 1 heterocycles. The normalized spacial score (nSPS) is 15.4. The zero-order chi connectivity index (χ0) is 23.6. The topological polar surface area (TPSA) is 67.4 Å². The molecule has 2 aromatic rings. The van der Waals surface area contributed by atoms with Gasteiger partial charge in [-0.15, -0.1) is 0 Å². The molecule has 0 saturated carbocycles. The van der Waals surface area contributed by atoms with Gasteiger partial charge in [0, 0.05) is 37.6 Å². The molecule has 1 aliphatic rings. The number of nitrogens with one attached hydrogen (secondary N) is 2. The molecule has 0 atom stereocenters. The minimum absolute atomic E-state index is 0.0193. The molecule has 0 bridgehead atoms. The number of nitrogens with zero attached hydrogens (tertiary/aromatic N) is 2. The summed E-state index contributed by atoms with van der Waals surface area (Å²) in [6.45, 7) is 9.08. The average molecular weight is 477 g/mol. The number of ether oxygens (including phenoxy) is 3. The fourth-order valence-electron chi connectivity index (χ4n) is 3.40. The highest BCUT2D eigenvalue weighted by atomic mass is 35.5. The standard InChI is InChI=1S/C24H30ClFN4O3/c1-17-13-22(31-3)23(33-10-4-7-30-8-11-32-12-9-30)15-19(17)24(28-16-27-2)29-18-5-6-21(26)20(25)14-18/h5-6,13-16,29H,1,4,7-12H2,2-3H3,(H,27,28)/b24-19+. The first-order valence-electron chi connectivity index (χ1n) is 10.8. The number of hydrogen-bond acceptors (Lipinski definition) is 6. The molecule has 1 saturated heterocycles. The van der Waals surface area contributed by atoms with E-state index in [1.165, 1.54) is 12.1 Å². The van der Waals surface area contributed by atoms with Gasteiger partial charge in [-0.3, -0.25) is 4.90 Å². The summed E-state index contributed by atoms with van der Waals surface area (Å²) >= 11 is 5.94. The summed E-state index contributed by atoms with van der Waals surface area (Å²) in [4.78, 5) is 6.82. The molecule has 33 heavy (non-hydrogen) atoms. The van der Waals surface area contributed by atoms with E-state index in [4.69, 9.17) is 25.8 Å². The number of rotatable bonds is 10. The molecule has 2 aromatic carbocycles. The molecular weight excluding hydrogens is 447 g/mol. The van der Waals surface area contributed by atoms with Crippen molar-refractivity contribution >= 4 is 36.0 Å². The summed E-state index contributed by atoms with van der Waals surface area (Å²) < 4.78 is 30.5. The summed E-state index contributed by atoms with van der Waals surface area (Å²) in [5, 5.41) is 7.49. The van der Waals surface area contributed by atoms with E-state index in [1.807, 2.05) is 6.07 Å². The third-order valence-corrected chi connectivity index (χ3v) is 5.42. The van der Waals surface area contributed by atoms with Crippen LogP contribution in [0.3, 0.4) is 0 Å². The smallest absolute Gasteiger partial charge is 0.161 e. The maximum absolute atomic E-state index is 13.6. The summed E-state index contributed by atoms with van der Waals surface area (Å²) in [5.74, 6) is 1.20. The molecular formula is C24H30ClFN4O3. The third kappa shape index (κ3) is 7.08. The Balaban J connectivity index is 1.85. The molecule has 0 amide bonds. The van der Waals surface area contributed by atoms with Crippen LogP contribution >= 0.6 is 11.6 Å². The first-order valence-corrected chi connectivity index (χ1v) is 11.2. The van der Waals surface area contributed by atoms with Crippen molar-refractivity contribution in [3.05, 3.63) is 51.6 Å². The Morgan fingerprint density at radius 2 is 2.06 bits per heavy atom. The van der Waals surface area contributed by atoms with Crippen molar-refractivity contribution in [2.75, 3.05) is 58.9 Å². The van der Waals surface area contributed by atoms with Crippen LogP contribution in [0.1, 0.15) is 6.42 Å². The van der Waals surface area contributed by atoms with E-state index in [0.717, 1.165) is 39.3 Å². The lowest BCUT2D eigenvalue weighted by atomic mass is 10.2. The van der Waals surface area contributed by atoms with Gasteiger partial charge in [-0.25, -0.2) is 9.38 Å². The second-order valence-corrected chi connectivity index (χ2v) is 7.87. The summed E-state index contributed by atoms with van der Waals surface area (Å²) in [5.41, 5.74) is 0.591. The highest BCUT2D eigenvalue weighted by Crippen LogP contribution is 2.24. The van der Waals surface area contributed by atoms with Gasteiger partial charge in [-0.2, -0.15) is 0 Å². The Labute approximate surface area is 198 Å². The van der Waals surface area contributed by atoms with E-state index in [2.05, 4.69) is 27.1 Å². The minimum Gasteiger partial charge on any atom is -0.493 e. The zero-order valence-electron chi connectivity index (χ0n) is 19.0. The third-order valence-electron chi connectivity index (χ3n) is 5.13. The highest BCUT2D eigenvalue weighted by Gasteiger charge is 2.11. The van der Waals surface area contributed by atoms with Crippen LogP contribution in [0.5, 0.6) is 11.5 Å². The quantitative estimate of drug-likeness (QED) is 0.312. The minimum atomic E-state index is -0.488. The fourth-order valence-corrected chi connectivity index (χ4v) is 3.58. The van der Waals surface area contributed by atoms with Crippen LogP contribution in [0, 0.1) is 5.82 Å². The number of halogens is 2. The summed E-state index contributed by atoms with van der Waals surface area (Å²) in [6, 6.07) is 8.04. The fraction of sp³-hybridized carbons (Fsp3) is 0.375. The van der Waals surface area contributed by atoms with Crippen LogP contribution in [-0.4, -0.2) is 64.9 Å². The van der Waals surface area contributed by atoms with Crippen molar-refractivity contribution < 1.29 is 18.6 Å². The molecule has 0 aliphatic carbocycles. The number of aliphatic imine (C=N–C) groups is 1. The molecule has 2 N–H and O–H groups in total. The number of methoxy groups -OCH3 is 1. The van der Waals surface area contributed by atoms with Gasteiger partial charge in [0.1, 0.15) is 11.6 Å². The van der Waals surface area contributed by atoms with Gasteiger partial charge in [0.05, 0.1) is 38.3 Å². The second-order valence-electron chi connectivity index (χ2n) is 7.47. The summed E-state index contributed by atoms with van der Waals surface area (Å²) in [7, 11) is 3.34. The Morgan fingerprint density at radius 3 is 2.76 bits per heavy atom. The molecule has 178 valence electrons. The van der Waals surface area contributed by atoms with Crippen molar-refractivity contribution in [2.45, 2.75) is 6.42 Å². The van der Waals surface area contributed by atoms with E-state index < -0.39 is 5.82 Å². The number of benzene rings is 2. The molecule has 3 rings (SSSR count). The van der Waals surface area contributed by atoms with Crippen LogP contribution < -0.4 is 30.5 Å². The lowest BCUT2D eigenvalue weighted by molar-refractivity contribution is 0.0357. The number of hydrogen-bond donors (Lipinski definition) is 2. The Kier molecular flexibility index (Phi) is 9.35. The van der Waals surface area contributed by atoms with Gasteiger partial charge >= 0.3 is 0 Å². The van der Waals surface area contributed by atoms with Crippen LogP contribution in [0.15, 0.2) is 35.3 Å². The number of anilines is 1. The van der Waals surface area contributed by atoms with E-state index >= 15 is 0 Å². The molecule has 0 radical (unpaired) electrons. The average Bonchev–Trinajstić information content (AvgIpc) is 2.83. The van der Waals surface area contributed by atoms with Crippen molar-refractivity contribution in [1.82, 2.24) is 10.2 Å². The predicted octanol–water partition coefficient (Wildman–Crippen LogP) is 2.42. The van der Waals surface area contributed by atoms with Crippen molar-refractivity contribution in [3.8, 4) is 11.5 Å². The van der Waals surface area contributed by atoms with Gasteiger partial charge in [-0.1, -0.05) is 18.2 Å². The Hall–Kier alpha value is -2.81. The Bertz CT molecular complexity index is 1070. The molecule has 7 nitrogen and oxygen atoms in total. The first-order chi connectivity index (χ1) is 16.0. The molecule has 9 heteroatoms. The predicted molar refractivity (Wildman–Crippen MR) is 131 cm³/mol. The lowest BCUT2D eigenvalue weighted by Gasteiger charge is -2.26. The zero-order valence-corrected chi connectivity index (χ0v) is 19.8. The molecule has 1 aliphatic heterocycles. The van der Waals surface area contributed by atoms with E-state index in [-0.39, 0.29) is 5.02 Å². The maximum Gasteiger partial charge on any atom is 0.161 e. The maximum atomic E-state index is 13.6. The van der Waals surface area contributed by atoms with Crippen molar-refractivity contribution in [2.24, 2.45) is 4.99 Å². The van der Waals surface area contributed by atoms with E-state index in [9.17, 15) is 4.39 Å². The van der Waals surface area contributed by atoms with Crippen molar-refractivity contribution in [1.29, 1.82) is 0 Å². The van der Waals surface area contributed by atoms with Gasteiger partial charge in [0.2, 0.25) is 0 Å². The van der Waals surface area contributed by atoms with Gasteiger partial charge in [0.25, 0.3) is 0 Å². The van der Waals surface area contributed by atoms with Crippen LogP contribution in [0.4, 0.5) is 10.1 Å². The molecule has 0 unspecified atom stereocenters. The highest BCUT2D eigenvalue weighted by molar-refractivity contribution is 6.31. The number of morpholine rings is 1. The van der Waals surface area contributed by atoms with Crippen molar-refractivity contribution in [3.63, 3.8) is 0 Å². The summed E-state index contributed by atoms with van der Waals surface area (Å²) in [6.07, 6.45) is 2.42. The van der Waals surface area contributed by atoms with Crippen LogP contribution in [0.2, 0.25) is 5.02 Å².